The minimum Gasteiger partial charge on any atom is -0.262 e. The lowest BCUT2D eigenvalue weighted by atomic mass is 10.1. The van der Waals surface area contributed by atoms with E-state index in [0.29, 0.717) is 6.04 Å². The Morgan fingerprint density at radius 2 is 2.05 bits per heavy atom. The summed E-state index contributed by atoms with van der Waals surface area (Å²) < 4.78 is 2.01. The maximum absolute atomic E-state index is 5.82. The fourth-order valence-corrected chi connectivity index (χ4v) is 2.27. The van der Waals surface area contributed by atoms with Gasteiger partial charge in [-0.15, -0.1) is 0 Å². The molecule has 1 aromatic carbocycles. The average Bonchev–Trinajstić information content (AvgIpc) is 2.81. The Labute approximate surface area is 116 Å². The Kier molecular flexibility index (Phi) is 2.95. The van der Waals surface area contributed by atoms with Gasteiger partial charge in [-0.1, -0.05) is 6.07 Å². The molecule has 0 fully saturated rings. The first-order valence-corrected chi connectivity index (χ1v) is 6.49. The number of benzene rings is 1. The van der Waals surface area contributed by atoms with Crippen LogP contribution in [-0.2, 0) is 0 Å². The standard InChI is InChI=1S/C14H13ClN4/c1-9(2)19-13-4-3-10(7-11(13)8-17-19)12-5-6-16-14(15)18-12/h3-9H,1-2H3. The summed E-state index contributed by atoms with van der Waals surface area (Å²) in [5.41, 5.74) is 2.96. The van der Waals surface area contributed by atoms with Gasteiger partial charge in [0.2, 0.25) is 5.28 Å². The predicted octanol–water partition coefficient (Wildman–Crippen LogP) is 3.73. The van der Waals surface area contributed by atoms with Crippen LogP contribution in [0.2, 0.25) is 5.28 Å². The summed E-state index contributed by atoms with van der Waals surface area (Å²) in [6.45, 7) is 4.23. The van der Waals surface area contributed by atoms with Crippen molar-refractivity contribution in [2.45, 2.75) is 19.9 Å². The Morgan fingerprint density at radius 3 is 2.79 bits per heavy atom. The summed E-state index contributed by atoms with van der Waals surface area (Å²) in [7, 11) is 0. The fraction of sp³-hybridized carbons (Fsp3) is 0.214. The topological polar surface area (TPSA) is 43.6 Å². The number of nitrogens with zero attached hydrogens (tertiary/aromatic N) is 4. The Balaban J connectivity index is 2.12. The smallest absolute Gasteiger partial charge is 0.222 e. The molecule has 0 unspecified atom stereocenters. The maximum atomic E-state index is 5.82. The van der Waals surface area contributed by atoms with Crippen LogP contribution in [0.4, 0.5) is 0 Å². The molecule has 0 bridgehead atoms. The van der Waals surface area contributed by atoms with Crippen molar-refractivity contribution in [3.8, 4) is 11.3 Å². The molecule has 0 amide bonds. The van der Waals surface area contributed by atoms with Crippen LogP contribution in [0.5, 0.6) is 0 Å². The molecule has 0 aliphatic carbocycles. The Hall–Kier alpha value is -1.94. The first kappa shape index (κ1) is 12.1. The van der Waals surface area contributed by atoms with Gasteiger partial charge in [-0.2, -0.15) is 5.10 Å². The van der Waals surface area contributed by atoms with Crippen LogP contribution in [0.3, 0.4) is 0 Å². The molecule has 0 spiro atoms. The van der Waals surface area contributed by atoms with Crippen LogP contribution in [0.1, 0.15) is 19.9 Å². The second kappa shape index (κ2) is 4.63. The lowest BCUT2D eigenvalue weighted by Gasteiger charge is -2.07. The third-order valence-corrected chi connectivity index (χ3v) is 3.19. The highest BCUT2D eigenvalue weighted by molar-refractivity contribution is 6.28. The van der Waals surface area contributed by atoms with Gasteiger partial charge in [0, 0.05) is 23.2 Å². The van der Waals surface area contributed by atoms with Crippen molar-refractivity contribution in [1.29, 1.82) is 0 Å². The van der Waals surface area contributed by atoms with Crippen molar-refractivity contribution in [2.24, 2.45) is 0 Å². The molecule has 96 valence electrons. The molecule has 0 N–H and O–H groups in total. The number of halogens is 1. The van der Waals surface area contributed by atoms with E-state index in [4.69, 9.17) is 11.6 Å². The van der Waals surface area contributed by atoms with E-state index >= 15 is 0 Å². The van der Waals surface area contributed by atoms with Crippen molar-refractivity contribution < 1.29 is 0 Å². The predicted molar refractivity (Wildman–Crippen MR) is 76.2 cm³/mol. The van der Waals surface area contributed by atoms with Gasteiger partial charge < -0.3 is 0 Å². The van der Waals surface area contributed by atoms with E-state index in [2.05, 4.69) is 41.0 Å². The third-order valence-electron chi connectivity index (χ3n) is 3.01. The van der Waals surface area contributed by atoms with Gasteiger partial charge in [-0.25, -0.2) is 9.97 Å². The molecule has 4 nitrogen and oxygen atoms in total. The second-order valence-electron chi connectivity index (χ2n) is 4.67. The molecule has 3 aromatic rings. The minimum atomic E-state index is 0.260. The van der Waals surface area contributed by atoms with Gasteiger partial charge in [0.25, 0.3) is 0 Å². The van der Waals surface area contributed by atoms with E-state index < -0.39 is 0 Å². The lowest BCUT2D eigenvalue weighted by molar-refractivity contribution is 0.551. The molecule has 0 radical (unpaired) electrons. The molecular weight excluding hydrogens is 260 g/mol. The zero-order chi connectivity index (χ0) is 13.4. The molecule has 3 rings (SSSR count). The van der Waals surface area contributed by atoms with Crippen molar-refractivity contribution >= 4 is 22.5 Å². The average molecular weight is 273 g/mol. The molecule has 2 aromatic heterocycles. The van der Waals surface area contributed by atoms with Crippen molar-refractivity contribution in [3.63, 3.8) is 0 Å². The first-order chi connectivity index (χ1) is 9.15. The van der Waals surface area contributed by atoms with Crippen LogP contribution in [-0.4, -0.2) is 19.7 Å². The zero-order valence-corrected chi connectivity index (χ0v) is 11.5. The van der Waals surface area contributed by atoms with Gasteiger partial charge in [-0.3, -0.25) is 4.68 Å². The monoisotopic (exact) mass is 272 g/mol. The summed E-state index contributed by atoms with van der Waals surface area (Å²) in [5, 5.41) is 5.76. The van der Waals surface area contributed by atoms with Crippen LogP contribution >= 0.6 is 11.6 Å². The van der Waals surface area contributed by atoms with Gasteiger partial charge in [0.05, 0.1) is 17.4 Å². The van der Waals surface area contributed by atoms with Crippen molar-refractivity contribution in [3.05, 3.63) is 41.9 Å². The lowest BCUT2D eigenvalue weighted by Crippen LogP contribution is -2.01. The number of hydrogen-bond donors (Lipinski definition) is 0. The van der Waals surface area contributed by atoms with E-state index in [1.54, 1.807) is 6.20 Å². The van der Waals surface area contributed by atoms with Gasteiger partial charge in [0.1, 0.15) is 0 Å². The third kappa shape index (κ3) is 2.19. The highest BCUT2D eigenvalue weighted by atomic mass is 35.5. The summed E-state index contributed by atoms with van der Waals surface area (Å²) in [6, 6.07) is 8.35. The zero-order valence-electron chi connectivity index (χ0n) is 10.7. The molecule has 0 aliphatic rings. The minimum absolute atomic E-state index is 0.260. The molecule has 19 heavy (non-hydrogen) atoms. The van der Waals surface area contributed by atoms with E-state index in [1.807, 2.05) is 23.0 Å². The maximum Gasteiger partial charge on any atom is 0.222 e. The SMILES string of the molecule is CC(C)n1ncc2cc(-c3ccnc(Cl)n3)ccc21. The molecule has 0 aliphatic heterocycles. The number of fused-ring (bicyclic) bond motifs is 1. The Bertz CT molecular complexity index is 733. The quantitative estimate of drug-likeness (QED) is 0.668. The van der Waals surface area contributed by atoms with E-state index in [-0.39, 0.29) is 5.28 Å². The van der Waals surface area contributed by atoms with Crippen LogP contribution in [0.15, 0.2) is 36.7 Å². The van der Waals surface area contributed by atoms with Crippen molar-refractivity contribution in [2.75, 3.05) is 0 Å². The molecule has 0 saturated heterocycles. The first-order valence-electron chi connectivity index (χ1n) is 6.11. The molecule has 5 heteroatoms. The number of rotatable bonds is 2. The fourth-order valence-electron chi connectivity index (χ4n) is 2.12. The van der Waals surface area contributed by atoms with E-state index in [0.717, 1.165) is 22.2 Å². The van der Waals surface area contributed by atoms with Crippen LogP contribution < -0.4 is 0 Å². The summed E-state index contributed by atoms with van der Waals surface area (Å²) in [6.07, 6.45) is 3.54. The van der Waals surface area contributed by atoms with Gasteiger partial charge in [0.15, 0.2) is 0 Å². The molecule has 0 atom stereocenters. The van der Waals surface area contributed by atoms with Crippen LogP contribution in [0.25, 0.3) is 22.2 Å². The molecular formula is C14H13ClN4. The highest BCUT2D eigenvalue weighted by Gasteiger charge is 2.08. The largest absolute Gasteiger partial charge is 0.262 e. The Morgan fingerprint density at radius 1 is 1.21 bits per heavy atom. The van der Waals surface area contributed by atoms with Crippen molar-refractivity contribution in [1.82, 2.24) is 19.7 Å². The molecule has 0 saturated carbocycles. The highest BCUT2D eigenvalue weighted by Crippen LogP contribution is 2.24. The van der Waals surface area contributed by atoms with E-state index in [1.165, 1.54) is 0 Å². The number of hydrogen-bond acceptors (Lipinski definition) is 3. The normalized spacial score (nSPS) is 11.4. The summed E-state index contributed by atoms with van der Waals surface area (Å²) in [5.74, 6) is 0. The van der Waals surface area contributed by atoms with E-state index in [9.17, 15) is 0 Å². The summed E-state index contributed by atoms with van der Waals surface area (Å²) in [4.78, 5) is 8.11. The number of aromatic nitrogens is 4. The van der Waals surface area contributed by atoms with Gasteiger partial charge >= 0.3 is 0 Å². The molecule has 2 heterocycles. The van der Waals surface area contributed by atoms with Gasteiger partial charge in [-0.05, 0) is 43.6 Å². The summed E-state index contributed by atoms with van der Waals surface area (Å²) >= 11 is 5.82. The van der Waals surface area contributed by atoms with Crippen LogP contribution in [0, 0.1) is 0 Å². The second-order valence-corrected chi connectivity index (χ2v) is 5.01.